The van der Waals surface area contributed by atoms with Crippen molar-refractivity contribution in [2.24, 2.45) is 0 Å². The topological polar surface area (TPSA) is 90.5 Å². The first-order valence-corrected chi connectivity index (χ1v) is 7.33. The van der Waals surface area contributed by atoms with E-state index in [2.05, 4.69) is 16.2 Å². The average Bonchev–Trinajstić information content (AvgIpc) is 3.02. The van der Waals surface area contributed by atoms with Gasteiger partial charge >= 0.3 is 6.18 Å². The zero-order valence-corrected chi connectivity index (χ0v) is 12.9. The first-order chi connectivity index (χ1) is 11.2. The van der Waals surface area contributed by atoms with Crippen molar-refractivity contribution < 1.29 is 27.9 Å². The van der Waals surface area contributed by atoms with E-state index in [1.807, 2.05) is 0 Å². The smallest absolute Gasteiger partial charge is 0.387 e. The van der Waals surface area contributed by atoms with E-state index in [0.717, 1.165) is 12.1 Å². The van der Waals surface area contributed by atoms with Crippen LogP contribution in [0.25, 0.3) is 0 Å². The first-order valence-electron chi connectivity index (χ1n) is 7.33. The predicted molar refractivity (Wildman–Crippen MR) is 78.6 cm³/mol. The third-order valence-corrected chi connectivity index (χ3v) is 3.80. The Balaban J connectivity index is 1.85. The van der Waals surface area contributed by atoms with Crippen LogP contribution in [0.1, 0.15) is 30.6 Å². The molecule has 1 amide bonds. The minimum absolute atomic E-state index is 0.0948. The summed E-state index contributed by atoms with van der Waals surface area (Å²) in [5.41, 5.74) is 4.84. The van der Waals surface area contributed by atoms with Gasteiger partial charge in [-0.05, 0) is 31.0 Å². The van der Waals surface area contributed by atoms with Gasteiger partial charge in [-0.3, -0.25) is 9.59 Å². The van der Waals surface area contributed by atoms with E-state index in [4.69, 9.17) is 0 Å². The molecule has 6 nitrogen and oxygen atoms in total. The third kappa shape index (κ3) is 4.53. The summed E-state index contributed by atoms with van der Waals surface area (Å²) in [5, 5.41) is 12.5. The van der Waals surface area contributed by atoms with E-state index in [9.17, 15) is 27.9 Å². The normalized spacial score (nSPS) is 22.2. The Labute approximate surface area is 136 Å². The van der Waals surface area contributed by atoms with Crippen LogP contribution in [0.4, 0.5) is 13.2 Å². The number of ketones is 1. The highest BCUT2D eigenvalue weighted by atomic mass is 19.4. The molecule has 0 spiro atoms. The summed E-state index contributed by atoms with van der Waals surface area (Å²) in [7, 11) is 0. The molecule has 0 radical (unpaired) electrons. The largest absolute Gasteiger partial charge is 0.416 e. The van der Waals surface area contributed by atoms with Gasteiger partial charge in [0.05, 0.1) is 17.7 Å². The van der Waals surface area contributed by atoms with E-state index >= 15 is 0 Å². The zero-order chi connectivity index (χ0) is 17.9. The zero-order valence-electron chi connectivity index (χ0n) is 12.9. The number of benzene rings is 1. The van der Waals surface area contributed by atoms with Crippen LogP contribution in [0.2, 0.25) is 0 Å². The average molecular weight is 345 g/mol. The number of aliphatic hydroxyl groups is 1. The fraction of sp³-hybridized carbons (Fsp3) is 0.467. The molecule has 132 valence electrons. The number of carbonyl (C=O) groups excluding carboxylic acids is 2. The lowest BCUT2D eigenvalue weighted by Gasteiger charge is -2.15. The van der Waals surface area contributed by atoms with Crippen molar-refractivity contribution in [2.75, 3.05) is 6.54 Å². The molecule has 3 unspecified atom stereocenters. The number of hydrogen-bond donors (Lipinski definition) is 4. The van der Waals surface area contributed by atoms with Gasteiger partial charge in [0.2, 0.25) is 5.91 Å². The Kier molecular flexibility index (Phi) is 5.58. The molecule has 4 N–H and O–H groups in total. The summed E-state index contributed by atoms with van der Waals surface area (Å²) in [6.45, 7) is 1.26. The van der Waals surface area contributed by atoms with Crippen LogP contribution < -0.4 is 16.2 Å². The molecular formula is C15H18F3N3O3. The van der Waals surface area contributed by atoms with Gasteiger partial charge in [-0.15, -0.1) is 0 Å². The van der Waals surface area contributed by atoms with Crippen molar-refractivity contribution in [3.8, 4) is 0 Å². The van der Waals surface area contributed by atoms with Crippen LogP contribution in [0.5, 0.6) is 0 Å². The lowest BCUT2D eigenvalue weighted by Crippen LogP contribution is -2.44. The number of hydrogen-bond acceptors (Lipinski definition) is 5. The van der Waals surface area contributed by atoms with Crippen LogP contribution in [-0.4, -0.2) is 35.4 Å². The maximum atomic E-state index is 12.5. The molecule has 0 aliphatic carbocycles. The summed E-state index contributed by atoms with van der Waals surface area (Å²) in [6, 6.07) is 3.03. The highest BCUT2D eigenvalue weighted by Gasteiger charge is 2.32. The van der Waals surface area contributed by atoms with Gasteiger partial charge in [-0.1, -0.05) is 12.1 Å². The van der Waals surface area contributed by atoms with Gasteiger partial charge in [0.25, 0.3) is 0 Å². The Morgan fingerprint density at radius 3 is 2.33 bits per heavy atom. The Bertz CT molecular complexity index is 604. The molecule has 0 aromatic heterocycles. The maximum Gasteiger partial charge on any atom is 0.416 e. The summed E-state index contributed by atoms with van der Waals surface area (Å²) in [4.78, 5) is 23.2. The number of carbonyl (C=O) groups is 2. The number of amides is 1. The fourth-order valence-electron chi connectivity index (χ4n) is 2.33. The summed E-state index contributed by atoms with van der Waals surface area (Å²) < 4.78 is 37.4. The number of alkyl halides is 3. The summed E-state index contributed by atoms with van der Waals surface area (Å²) in [5.74, 6) is -0.500. The van der Waals surface area contributed by atoms with E-state index in [1.165, 1.54) is 19.1 Å². The molecule has 1 heterocycles. The van der Waals surface area contributed by atoms with Crippen molar-refractivity contribution in [2.45, 2.75) is 37.7 Å². The third-order valence-electron chi connectivity index (χ3n) is 3.80. The van der Waals surface area contributed by atoms with Gasteiger partial charge in [0.1, 0.15) is 11.8 Å². The van der Waals surface area contributed by atoms with Gasteiger partial charge in [0.15, 0.2) is 0 Å². The van der Waals surface area contributed by atoms with Gasteiger partial charge in [-0.2, -0.15) is 13.2 Å². The highest BCUT2D eigenvalue weighted by molar-refractivity contribution is 5.86. The van der Waals surface area contributed by atoms with Crippen LogP contribution in [0, 0.1) is 0 Å². The van der Waals surface area contributed by atoms with Crippen LogP contribution >= 0.6 is 0 Å². The standard InChI is InChI=1S/C15H18F3N3O3/c1-8(22)11-6-12(21-20-11)14(24)19-7-13(23)9-2-4-10(5-3-9)15(16,17)18/h2-5,11-13,20-21,23H,6-7H2,1H3,(H,19,24). The molecule has 2 rings (SSSR count). The van der Waals surface area contributed by atoms with Crippen molar-refractivity contribution in [1.82, 2.24) is 16.2 Å². The van der Waals surface area contributed by atoms with Gasteiger partial charge < -0.3 is 10.4 Å². The van der Waals surface area contributed by atoms with Crippen molar-refractivity contribution in [1.29, 1.82) is 0 Å². The quantitative estimate of drug-likeness (QED) is 0.630. The fourth-order valence-corrected chi connectivity index (χ4v) is 2.33. The molecule has 24 heavy (non-hydrogen) atoms. The molecule has 1 aliphatic rings. The Morgan fingerprint density at radius 1 is 1.25 bits per heavy atom. The van der Waals surface area contributed by atoms with Crippen molar-refractivity contribution >= 4 is 11.7 Å². The number of rotatable bonds is 5. The number of halogens is 3. The predicted octanol–water partition coefficient (Wildman–Crippen LogP) is 0.679. The SMILES string of the molecule is CC(=O)C1CC(C(=O)NCC(O)c2ccc(C(F)(F)F)cc2)NN1. The lowest BCUT2D eigenvalue weighted by molar-refractivity contribution is -0.137. The molecule has 1 aromatic rings. The molecule has 1 aliphatic heterocycles. The molecule has 9 heteroatoms. The van der Waals surface area contributed by atoms with Gasteiger partial charge in [-0.25, -0.2) is 10.9 Å². The Hall–Kier alpha value is -1.97. The van der Waals surface area contributed by atoms with Crippen LogP contribution in [0.15, 0.2) is 24.3 Å². The van der Waals surface area contributed by atoms with E-state index in [0.29, 0.717) is 0 Å². The van der Waals surface area contributed by atoms with Crippen LogP contribution in [-0.2, 0) is 15.8 Å². The highest BCUT2D eigenvalue weighted by Crippen LogP contribution is 2.29. The minimum atomic E-state index is -4.44. The molecule has 3 atom stereocenters. The number of hydrazine groups is 1. The molecule has 0 bridgehead atoms. The van der Waals surface area contributed by atoms with Crippen LogP contribution in [0.3, 0.4) is 0 Å². The second-order valence-electron chi connectivity index (χ2n) is 5.62. The molecule has 1 fully saturated rings. The molecule has 1 aromatic carbocycles. The van der Waals surface area contributed by atoms with E-state index in [1.54, 1.807) is 0 Å². The Morgan fingerprint density at radius 2 is 1.83 bits per heavy atom. The van der Waals surface area contributed by atoms with Crippen molar-refractivity contribution in [3.05, 3.63) is 35.4 Å². The minimum Gasteiger partial charge on any atom is -0.387 e. The number of Topliss-reactive ketones (excluding diaryl/α,β-unsaturated/α-hetero) is 1. The number of aliphatic hydroxyl groups excluding tert-OH is 1. The summed E-state index contributed by atoms with van der Waals surface area (Å²) >= 11 is 0. The second kappa shape index (κ2) is 7.29. The molecule has 1 saturated heterocycles. The molecule has 0 saturated carbocycles. The lowest BCUT2D eigenvalue weighted by atomic mass is 10.1. The second-order valence-corrected chi connectivity index (χ2v) is 5.62. The molecular weight excluding hydrogens is 327 g/mol. The first kappa shape index (κ1) is 18.4. The number of nitrogens with one attached hydrogen (secondary N) is 3. The monoisotopic (exact) mass is 345 g/mol. The van der Waals surface area contributed by atoms with Crippen molar-refractivity contribution in [3.63, 3.8) is 0 Å². The summed E-state index contributed by atoms with van der Waals surface area (Å²) in [6.07, 6.45) is -5.28. The maximum absolute atomic E-state index is 12.5. The van der Waals surface area contributed by atoms with E-state index in [-0.39, 0.29) is 24.3 Å². The van der Waals surface area contributed by atoms with E-state index < -0.39 is 35.8 Å². The van der Waals surface area contributed by atoms with Gasteiger partial charge in [0, 0.05) is 6.54 Å².